The van der Waals surface area contributed by atoms with Crippen molar-refractivity contribution in [3.8, 4) is 6.07 Å². The van der Waals surface area contributed by atoms with E-state index in [1.165, 1.54) is 29.3 Å². The quantitative estimate of drug-likeness (QED) is 0.608. The molecular formula is C23H23N3O2S. The first-order valence-corrected chi connectivity index (χ1v) is 10.4. The van der Waals surface area contributed by atoms with Crippen LogP contribution in [0.3, 0.4) is 0 Å². The molecule has 0 unspecified atom stereocenters. The lowest BCUT2D eigenvalue weighted by molar-refractivity contribution is -0.117. The highest BCUT2D eigenvalue weighted by atomic mass is 32.2. The standard InChI is InChI=1S/C23H23N3O2S/c1-4-16-7-9-17(10-8-16)13-20-22(28)26(18-11-5-15(2)6-12-18)23(29-20)19(14-24)21(27)25-3/h5-12,20H,4,13H2,1-3H3,(H,25,27)/b23-19+/t20-/m1/s1. The summed E-state index contributed by atoms with van der Waals surface area (Å²) in [5, 5.41) is 12.1. The molecule has 1 N–H and O–H groups in total. The number of nitriles is 1. The zero-order valence-electron chi connectivity index (χ0n) is 16.7. The van der Waals surface area contributed by atoms with Gasteiger partial charge in [-0.3, -0.25) is 14.5 Å². The van der Waals surface area contributed by atoms with E-state index in [1.54, 1.807) is 0 Å². The van der Waals surface area contributed by atoms with Gasteiger partial charge in [-0.1, -0.05) is 60.6 Å². The molecule has 3 rings (SSSR count). The van der Waals surface area contributed by atoms with Crippen LogP contribution in [0.25, 0.3) is 0 Å². The predicted octanol–water partition coefficient (Wildman–Crippen LogP) is 3.73. The molecule has 1 saturated heterocycles. The summed E-state index contributed by atoms with van der Waals surface area (Å²) in [6, 6.07) is 17.7. The summed E-state index contributed by atoms with van der Waals surface area (Å²) in [7, 11) is 1.48. The number of likely N-dealkylation sites (N-methyl/N-ethyl adjacent to an activating group) is 1. The Kier molecular flexibility index (Phi) is 6.40. The minimum absolute atomic E-state index is 0.0461. The van der Waals surface area contributed by atoms with Crippen LogP contribution in [0.4, 0.5) is 5.69 Å². The van der Waals surface area contributed by atoms with E-state index in [1.807, 2.05) is 49.4 Å². The average molecular weight is 406 g/mol. The highest BCUT2D eigenvalue weighted by Gasteiger charge is 2.40. The van der Waals surface area contributed by atoms with Gasteiger partial charge in [0.05, 0.1) is 5.25 Å². The van der Waals surface area contributed by atoms with Gasteiger partial charge in [-0.2, -0.15) is 5.26 Å². The molecule has 1 aliphatic heterocycles. The minimum atomic E-state index is -0.493. The molecule has 0 bridgehead atoms. The molecule has 0 spiro atoms. The van der Waals surface area contributed by atoms with Crippen LogP contribution in [0.2, 0.25) is 0 Å². The molecule has 0 aromatic heterocycles. The summed E-state index contributed by atoms with van der Waals surface area (Å²) in [6.07, 6.45) is 1.49. The van der Waals surface area contributed by atoms with Crippen LogP contribution in [-0.2, 0) is 22.4 Å². The van der Waals surface area contributed by atoms with Gasteiger partial charge in [0, 0.05) is 12.7 Å². The molecule has 5 nitrogen and oxygen atoms in total. The van der Waals surface area contributed by atoms with Gasteiger partial charge < -0.3 is 5.32 Å². The fourth-order valence-corrected chi connectivity index (χ4v) is 4.47. The van der Waals surface area contributed by atoms with Gasteiger partial charge >= 0.3 is 0 Å². The summed E-state index contributed by atoms with van der Waals surface area (Å²) < 4.78 is 0. The summed E-state index contributed by atoms with van der Waals surface area (Å²) >= 11 is 1.28. The van der Waals surface area contributed by atoms with Gasteiger partial charge in [0.1, 0.15) is 16.7 Å². The van der Waals surface area contributed by atoms with Crippen molar-refractivity contribution < 1.29 is 9.59 Å². The Morgan fingerprint density at radius 2 is 1.76 bits per heavy atom. The monoisotopic (exact) mass is 405 g/mol. The molecule has 1 atom stereocenters. The Hall–Kier alpha value is -3.04. The number of carbonyl (C=O) groups is 2. The average Bonchev–Trinajstić information content (AvgIpc) is 3.05. The number of benzene rings is 2. The molecule has 29 heavy (non-hydrogen) atoms. The zero-order valence-corrected chi connectivity index (χ0v) is 17.5. The molecule has 0 aliphatic carbocycles. The maximum absolute atomic E-state index is 13.3. The van der Waals surface area contributed by atoms with E-state index in [9.17, 15) is 14.9 Å². The topological polar surface area (TPSA) is 73.2 Å². The van der Waals surface area contributed by atoms with E-state index in [4.69, 9.17) is 0 Å². The van der Waals surface area contributed by atoms with E-state index in [-0.39, 0.29) is 11.5 Å². The summed E-state index contributed by atoms with van der Waals surface area (Å²) in [4.78, 5) is 27.1. The van der Waals surface area contributed by atoms with Crippen LogP contribution < -0.4 is 10.2 Å². The summed E-state index contributed by atoms with van der Waals surface area (Å²) in [6.45, 7) is 4.07. The normalized spacial score (nSPS) is 17.8. The minimum Gasteiger partial charge on any atom is -0.354 e. The molecule has 2 amide bonds. The van der Waals surface area contributed by atoms with Crippen LogP contribution in [0.15, 0.2) is 59.1 Å². The van der Waals surface area contributed by atoms with Crippen molar-refractivity contribution in [3.63, 3.8) is 0 Å². The Morgan fingerprint density at radius 1 is 1.14 bits per heavy atom. The second-order valence-electron chi connectivity index (χ2n) is 6.86. The predicted molar refractivity (Wildman–Crippen MR) is 116 cm³/mol. The van der Waals surface area contributed by atoms with E-state index in [0.717, 1.165) is 17.5 Å². The molecule has 0 saturated carbocycles. The van der Waals surface area contributed by atoms with Crippen molar-refractivity contribution in [2.45, 2.75) is 31.9 Å². The van der Waals surface area contributed by atoms with Gasteiger partial charge in [-0.05, 0) is 43.0 Å². The molecule has 6 heteroatoms. The fraction of sp³-hybridized carbons (Fsp3) is 0.261. The summed E-state index contributed by atoms with van der Waals surface area (Å²) in [5.41, 5.74) is 3.97. The number of nitrogens with zero attached hydrogens (tertiary/aromatic N) is 2. The van der Waals surface area contributed by atoms with Crippen molar-refractivity contribution in [1.82, 2.24) is 5.32 Å². The number of nitrogens with one attached hydrogen (secondary N) is 1. The third-order valence-electron chi connectivity index (χ3n) is 4.88. The zero-order chi connectivity index (χ0) is 21.0. The number of carbonyl (C=O) groups excluding carboxylic acids is 2. The van der Waals surface area contributed by atoms with Crippen molar-refractivity contribution >= 4 is 29.3 Å². The Morgan fingerprint density at radius 3 is 2.31 bits per heavy atom. The lowest BCUT2D eigenvalue weighted by Crippen LogP contribution is -2.31. The van der Waals surface area contributed by atoms with E-state index in [2.05, 4.69) is 24.4 Å². The Balaban J connectivity index is 2.00. The molecule has 148 valence electrons. The second-order valence-corrected chi connectivity index (χ2v) is 8.05. The van der Waals surface area contributed by atoms with Gasteiger partial charge in [0.15, 0.2) is 0 Å². The van der Waals surface area contributed by atoms with Crippen LogP contribution in [0, 0.1) is 18.3 Å². The van der Waals surface area contributed by atoms with Gasteiger partial charge in [0.25, 0.3) is 5.91 Å². The number of hydrogen-bond acceptors (Lipinski definition) is 4. The third kappa shape index (κ3) is 4.36. The number of rotatable bonds is 5. The highest BCUT2D eigenvalue weighted by Crippen LogP contribution is 2.41. The first-order valence-electron chi connectivity index (χ1n) is 9.50. The van der Waals surface area contributed by atoms with Crippen LogP contribution in [-0.4, -0.2) is 24.1 Å². The highest BCUT2D eigenvalue weighted by molar-refractivity contribution is 8.05. The smallest absolute Gasteiger partial charge is 0.264 e. The van der Waals surface area contributed by atoms with Crippen LogP contribution in [0.5, 0.6) is 0 Å². The third-order valence-corrected chi connectivity index (χ3v) is 6.14. The molecule has 1 heterocycles. The van der Waals surface area contributed by atoms with E-state index in [0.29, 0.717) is 17.1 Å². The number of anilines is 1. The SMILES string of the molecule is CCc1ccc(C[C@H]2S/C(=C(\C#N)C(=O)NC)N(c3ccc(C)cc3)C2=O)cc1. The molecule has 2 aromatic rings. The second kappa shape index (κ2) is 8.97. The van der Waals surface area contributed by atoms with E-state index < -0.39 is 11.2 Å². The van der Waals surface area contributed by atoms with Gasteiger partial charge in [-0.25, -0.2) is 0 Å². The lowest BCUT2D eigenvalue weighted by atomic mass is 10.1. The Bertz CT molecular complexity index is 988. The molecule has 0 radical (unpaired) electrons. The number of thioether (sulfide) groups is 1. The van der Waals surface area contributed by atoms with Crippen molar-refractivity contribution in [1.29, 1.82) is 5.26 Å². The molecule has 2 aromatic carbocycles. The molecule has 1 fully saturated rings. The first-order chi connectivity index (χ1) is 14.0. The molecular weight excluding hydrogens is 382 g/mol. The number of hydrogen-bond donors (Lipinski definition) is 1. The van der Waals surface area contributed by atoms with Crippen molar-refractivity contribution in [2.75, 3.05) is 11.9 Å². The maximum atomic E-state index is 13.3. The summed E-state index contributed by atoms with van der Waals surface area (Å²) in [5.74, 6) is -0.613. The number of aryl methyl sites for hydroxylation is 2. The van der Waals surface area contributed by atoms with Gasteiger partial charge in [0.2, 0.25) is 5.91 Å². The Labute approximate surface area is 175 Å². The largest absolute Gasteiger partial charge is 0.354 e. The maximum Gasteiger partial charge on any atom is 0.264 e. The van der Waals surface area contributed by atoms with Crippen LogP contribution in [0.1, 0.15) is 23.6 Å². The van der Waals surface area contributed by atoms with Crippen molar-refractivity contribution in [2.24, 2.45) is 0 Å². The lowest BCUT2D eigenvalue weighted by Gasteiger charge is -2.18. The van der Waals surface area contributed by atoms with E-state index >= 15 is 0 Å². The van der Waals surface area contributed by atoms with Gasteiger partial charge in [-0.15, -0.1) is 0 Å². The molecule has 1 aliphatic rings. The number of amides is 2. The van der Waals surface area contributed by atoms with Crippen molar-refractivity contribution in [3.05, 3.63) is 75.8 Å². The fourth-order valence-electron chi connectivity index (χ4n) is 3.17. The first kappa shape index (κ1) is 20.7. The van der Waals surface area contributed by atoms with Crippen LogP contribution >= 0.6 is 11.8 Å².